The molecule has 1 fully saturated rings. The summed E-state index contributed by atoms with van der Waals surface area (Å²) in [4.78, 5) is 4.89. The Hall–Kier alpha value is -1.82. The third kappa shape index (κ3) is 5.60. The van der Waals surface area contributed by atoms with Crippen LogP contribution >= 0.6 is 11.6 Å². The van der Waals surface area contributed by atoms with E-state index in [1.165, 1.54) is 11.6 Å². The lowest BCUT2D eigenvalue weighted by molar-refractivity contribution is 0.153. The van der Waals surface area contributed by atoms with Gasteiger partial charge in [0.25, 0.3) is 0 Å². The average molecular weight is 407 g/mol. The van der Waals surface area contributed by atoms with Gasteiger partial charge in [0.05, 0.1) is 12.1 Å². The van der Waals surface area contributed by atoms with Crippen molar-refractivity contribution in [3.63, 3.8) is 0 Å². The number of halogens is 2. The van der Waals surface area contributed by atoms with Crippen LogP contribution in [-0.4, -0.2) is 56.7 Å². The van der Waals surface area contributed by atoms with Crippen LogP contribution in [0.15, 0.2) is 36.4 Å². The molecule has 0 spiro atoms. The van der Waals surface area contributed by atoms with Crippen LogP contribution in [0.25, 0.3) is 0 Å². The molecule has 4 nitrogen and oxygen atoms in total. The van der Waals surface area contributed by atoms with Crippen molar-refractivity contribution in [1.82, 2.24) is 9.80 Å². The van der Waals surface area contributed by atoms with Crippen molar-refractivity contribution in [2.45, 2.75) is 19.4 Å². The van der Waals surface area contributed by atoms with Gasteiger partial charge in [-0.15, -0.1) is 0 Å². The molecule has 0 aliphatic carbocycles. The molecular formula is C22H28ClFN2O2. The zero-order valence-corrected chi connectivity index (χ0v) is 17.3. The van der Waals surface area contributed by atoms with E-state index in [0.717, 1.165) is 45.6 Å². The van der Waals surface area contributed by atoms with E-state index in [1.807, 2.05) is 18.2 Å². The fourth-order valence-corrected chi connectivity index (χ4v) is 3.60. The van der Waals surface area contributed by atoms with Gasteiger partial charge in [-0.2, -0.15) is 0 Å². The monoisotopic (exact) mass is 406 g/mol. The molecule has 3 rings (SSSR count). The standard InChI is InChI=1S/C22H28ClFN2O2/c1-25-11-13-26(14-12-25)10-4-5-17-8-9-21(22(15-17)27-2)28-16-18-19(23)6-3-7-20(18)24/h3,6-9,15H,4-5,10-14,16H2,1-2H3. The molecule has 2 aromatic rings. The van der Waals surface area contributed by atoms with Crippen LogP contribution in [0, 0.1) is 5.82 Å². The Balaban J connectivity index is 1.54. The number of rotatable bonds is 8. The van der Waals surface area contributed by atoms with Crippen LogP contribution in [0.4, 0.5) is 4.39 Å². The maximum atomic E-state index is 13.9. The summed E-state index contributed by atoms with van der Waals surface area (Å²) in [6, 6.07) is 10.6. The number of aryl methyl sites for hydroxylation is 1. The van der Waals surface area contributed by atoms with Gasteiger partial charge in [-0.05, 0) is 56.3 Å². The number of benzene rings is 2. The first-order valence-corrected chi connectivity index (χ1v) is 10.1. The molecule has 1 aliphatic heterocycles. The fourth-order valence-electron chi connectivity index (χ4n) is 3.39. The largest absolute Gasteiger partial charge is 0.493 e. The maximum Gasteiger partial charge on any atom is 0.161 e. The topological polar surface area (TPSA) is 24.9 Å². The predicted molar refractivity (Wildman–Crippen MR) is 111 cm³/mol. The predicted octanol–water partition coefficient (Wildman–Crippen LogP) is 4.25. The third-order valence-corrected chi connectivity index (χ3v) is 5.55. The van der Waals surface area contributed by atoms with Crippen molar-refractivity contribution in [3.05, 3.63) is 58.4 Å². The van der Waals surface area contributed by atoms with Crippen molar-refractivity contribution in [2.24, 2.45) is 0 Å². The van der Waals surface area contributed by atoms with Gasteiger partial charge in [0.15, 0.2) is 11.5 Å². The van der Waals surface area contributed by atoms with Crippen LogP contribution in [0.2, 0.25) is 5.02 Å². The Kier molecular flexibility index (Phi) is 7.54. The van der Waals surface area contributed by atoms with Crippen LogP contribution in [-0.2, 0) is 13.0 Å². The quantitative estimate of drug-likeness (QED) is 0.654. The third-order valence-electron chi connectivity index (χ3n) is 5.20. The van der Waals surface area contributed by atoms with Gasteiger partial charge in [0, 0.05) is 31.7 Å². The Morgan fingerprint density at radius 2 is 1.86 bits per heavy atom. The smallest absolute Gasteiger partial charge is 0.161 e. The maximum absolute atomic E-state index is 13.9. The summed E-state index contributed by atoms with van der Waals surface area (Å²) in [6.07, 6.45) is 2.10. The van der Waals surface area contributed by atoms with Crippen molar-refractivity contribution in [3.8, 4) is 11.5 Å². The fraction of sp³-hybridized carbons (Fsp3) is 0.455. The second-order valence-corrected chi connectivity index (χ2v) is 7.63. The first-order chi connectivity index (χ1) is 13.6. The van der Waals surface area contributed by atoms with Crippen LogP contribution in [0.3, 0.4) is 0 Å². The van der Waals surface area contributed by atoms with Crippen LogP contribution < -0.4 is 9.47 Å². The summed E-state index contributed by atoms with van der Waals surface area (Å²) < 4.78 is 25.2. The summed E-state index contributed by atoms with van der Waals surface area (Å²) in [5, 5.41) is 0.361. The van der Waals surface area contributed by atoms with Gasteiger partial charge in [-0.25, -0.2) is 4.39 Å². The summed E-state index contributed by atoms with van der Waals surface area (Å²) >= 11 is 6.07. The van der Waals surface area contributed by atoms with Crippen LogP contribution in [0.5, 0.6) is 11.5 Å². The van der Waals surface area contributed by atoms with E-state index in [2.05, 4.69) is 16.8 Å². The SMILES string of the molecule is COc1cc(CCCN2CCN(C)CC2)ccc1OCc1c(F)cccc1Cl. The number of hydrogen-bond donors (Lipinski definition) is 0. The highest BCUT2D eigenvalue weighted by Crippen LogP contribution is 2.30. The van der Waals surface area contributed by atoms with Gasteiger partial charge in [0.1, 0.15) is 12.4 Å². The first-order valence-electron chi connectivity index (χ1n) is 9.70. The van der Waals surface area contributed by atoms with Gasteiger partial charge >= 0.3 is 0 Å². The van der Waals surface area contributed by atoms with E-state index in [1.54, 1.807) is 19.2 Å². The lowest BCUT2D eigenvalue weighted by Crippen LogP contribution is -2.44. The molecule has 2 aromatic carbocycles. The van der Waals surface area contributed by atoms with E-state index in [4.69, 9.17) is 21.1 Å². The molecule has 1 heterocycles. The molecule has 152 valence electrons. The molecule has 0 aromatic heterocycles. The highest BCUT2D eigenvalue weighted by molar-refractivity contribution is 6.31. The Bertz CT molecular complexity index is 759. The normalized spacial score (nSPS) is 15.6. The molecule has 0 unspecified atom stereocenters. The summed E-state index contributed by atoms with van der Waals surface area (Å²) in [5.74, 6) is 0.876. The summed E-state index contributed by atoms with van der Waals surface area (Å²) in [5.41, 5.74) is 1.56. The second-order valence-electron chi connectivity index (χ2n) is 7.22. The number of nitrogens with zero attached hydrogens (tertiary/aromatic N) is 2. The first kappa shape index (κ1) is 20.9. The lowest BCUT2D eigenvalue weighted by Gasteiger charge is -2.32. The van der Waals surface area contributed by atoms with E-state index in [0.29, 0.717) is 22.1 Å². The second kappa shape index (κ2) is 10.1. The molecule has 28 heavy (non-hydrogen) atoms. The summed E-state index contributed by atoms with van der Waals surface area (Å²) in [6.45, 7) is 5.75. The van der Waals surface area contributed by atoms with Gasteiger partial charge in [-0.3, -0.25) is 0 Å². The molecule has 0 saturated carbocycles. The highest BCUT2D eigenvalue weighted by atomic mass is 35.5. The molecule has 1 aliphatic rings. The van der Waals surface area contributed by atoms with Gasteiger partial charge < -0.3 is 19.3 Å². The molecule has 0 atom stereocenters. The van der Waals surface area contributed by atoms with E-state index < -0.39 is 0 Å². The number of likely N-dealkylation sites (N-methyl/N-ethyl adjacent to an activating group) is 1. The number of methoxy groups -OCH3 is 1. The highest BCUT2D eigenvalue weighted by Gasteiger charge is 2.14. The zero-order chi connectivity index (χ0) is 19.9. The van der Waals surface area contributed by atoms with Crippen molar-refractivity contribution >= 4 is 11.6 Å². The minimum Gasteiger partial charge on any atom is -0.493 e. The van der Waals surface area contributed by atoms with E-state index in [9.17, 15) is 4.39 Å². The Morgan fingerprint density at radius 3 is 2.57 bits per heavy atom. The molecular weight excluding hydrogens is 379 g/mol. The molecule has 0 radical (unpaired) electrons. The number of hydrogen-bond acceptors (Lipinski definition) is 4. The zero-order valence-electron chi connectivity index (χ0n) is 16.6. The molecule has 0 N–H and O–H groups in total. The number of piperazine rings is 1. The molecule has 1 saturated heterocycles. The minimum atomic E-state index is -0.369. The van der Waals surface area contributed by atoms with Crippen molar-refractivity contribution in [2.75, 3.05) is 46.9 Å². The van der Waals surface area contributed by atoms with Gasteiger partial charge in [-0.1, -0.05) is 23.7 Å². The Morgan fingerprint density at radius 1 is 1.07 bits per heavy atom. The minimum absolute atomic E-state index is 0.0601. The summed E-state index contributed by atoms with van der Waals surface area (Å²) in [7, 11) is 3.79. The molecule has 0 amide bonds. The van der Waals surface area contributed by atoms with Crippen molar-refractivity contribution < 1.29 is 13.9 Å². The van der Waals surface area contributed by atoms with E-state index in [-0.39, 0.29) is 12.4 Å². The molecule has 0 bridgehead atoms. The molecule has 6 heteroatoms. The van der Waals surface area contributed by atoms with E-state index >= 15 is 0 Å². The Labute approximate surface area is 171 Å². The number of ether oxygens (including phenoxy) is 2. The lowest BCUT2D eigenvalue weighted by atomic mass is 10.1. The van der Waals surface area contributed by atoms with Gasteiger partial charge in [0.2, 0.25) is 0 Å². The van der Waals surface area contributed by atoms with Crippen molar-refractivity contribution in [1.29, 1.82) is 0 Å². The average Bonchev–Trinajstić information content (AvgIpc) is 2.69. The van der Waals surface area contributed by atoms with Crippen LogP contribution in [0.1, 0.15) is 17.5 Å².